The van der Waals surface area contributed by atoms with Crippen molar-refractivity contribution >= 4 is 11.6 Å². The van der Waals surface area contributed by atoms with Crippen LogP contribution in [-0.2, 0) is 6.42 Å². The van der Waals surface area contributed by atoms with Gasteiger partial charge < -0.3 is 10.5 Å². The number of benzene rings is 2. The topological polar surface area (TPSA) is 35.2 Å². The molecule has 2 aromatic carbocycles. The summed E-state index contributed by atoms with van der Waals surface area (Å²) in [6.45, 7) is 0.673. The Hall–Kier alpha value is -1.58. The van der Waals surface area contributed by atoms with E-state index < -0.39 is 0 Å². The van der Waals surface area contributed by atoms with E-state index in [0.29, 0.717) is 18.1 Å². The molecule has 1 aliphatic heterocycles. The van der Waals surface area contributed by atoms with Crippen molar-refractivity contribution in [2.45, 2.75) is 24.8 Å². The Morgan fingerprint density at radius 2 is 2.10 bits per heavy atom. The summed E-state index contributed by atoms with van der Waals surface area (Å²) in [7, 11) is 0. The van der Waals surface area contributed by atoms with Crippen molar-refractivity contribution in [1.29, 1.82) is 0 Å². The average Bonchev–Trinajstić information content (AvgIpc) is 2.49. The first-order chi connectivity index (χ1) is 10.1. The lowest BCUT2D eigenvalue weighted by molar-refractivity contribution is 0.254. The first-order valence-corrected chi connectivity index (χ1v) is 7.44. The second kappa shape index (κ2) is 6.04. The van der Waals surface area contributed by atoms with Crippen molar-refractivity contribution in [3.63, 3.8) is 0 Å². The van der Waals surface area contributed by atoms with E-state index in [2.05, 4.69) is 6.07 Å². The molecule has 2 nitrogen and oxygen atoms in total. The van der Waals surface area contributed by atoms with Gasteiger partial charge in [-0.25, -0.2) is 4.39 Å². The van der Waals surface area contributed by atoms with Crippen molar-refractivity contribution < 1.29 is 9.13 Å². The molecule has 1 aliphatic rings. The average molecular weight is 306 g/mol. The van der Waals surface area contributed by atoms with E-state index in [-0.39, 0.29) is 17.8 Å². The van der Waals surface area contributed by atoms with E-state index in [9.17, 15) is 4.39 Å². The Morgan fingerprint density at radius 3 is 2.90 bits per heavy atom. The van der Waals surface area contributed by atoms with Crippen molar-refractivity contribution in [1.82, 2.24) is 0 Å². The third kappa shape index (κ3) is 3.04. The van der Waals surface area contributed by atoms with Crippen LogP contribution in [0.2, 0.25) is 5.02 Å². The Morgan fingerprint density at radius 1 is 1.29 bits per heavy atom. The minimum absolute atomic E-state index is 0.0713. The first-order valence-electron chi connectivity index (χ1n) is 7.06. The van der Waals surface area contributed by atoms with Gasteiger partial charge in [-0.1, -0.05) is 35.9 Å². The Balaban J connectivity index is 1.81. The minimum Gasteiger partial charge on any atom is -0.493 e. The monoisotopic (exact) mass is 305 g/mol. The fourth-order valence-corrected chi connectivity index (χ4v) is 3.14. The largest absolute Gasteiger partial charge is 0.493 e. The minimum atomic E-state index is -0.325. The van der Waals surface area contributed by atoms with Crippen LogP contribution in [0.5, 0.6) is 5.75 Å². The fourth-order valence-electron chi connectivity index (χ4n) is 2.90. The zero-order chi connectivity index (χ0) is 14.8. The standard InChI is InChI=1S/C17H17ClFNO/c18-15-10-12(19)6-5-11(15)9-16(20)13-7-8-21-17-4-2-1-3-14(13)17/h1-6,10,13,16H,7-9,20H2. The van der Waals surface area contributed by atoms with Crippen LogP contribution in [0.15, 0.2) is 42.5 Å². The van der Waals surface area contributed by atoms with Crippen LogP contribution in [0, 0.1) is 5.82 Å². The molecule has 0 radical (unpaired) electrons. The molecule has 0 saturated heterocycles. The Labute approximate surface area is 128 Å². The molecule has 0 aromatic heterocycles. The summed E-state index contributed by atoms with van der Waals surface area (Å²) in [6.07, 6.45) is 1.51. The van der Waals surface area contributed by atoms with Crippen molar-refractivity contribution in [2.24, 2.45) is 5.73 Å². The van der Waals surface area contributed by atoms with Crippen LogP contribution in [0.4, 0.5) is 4.39 Å². The van der Waals surface area contributed by atoms with Crippen molar-refractivity contribution in [3.8, 4) is 5.75 Å². The maximum Gasteiger partial charge on any atom is 0.124 e. The Kier molecular flexibility index (Phi) is 4.13. The fraction of sp³-hybridized carbons (Fsp3) is 0.294. The van der Waals surface area contributed by atoms with Crippen LogP contribution < -0.4 is 10.5 Å². The molecular weight excluding hydrogens is 289 g/mol. The number of hydrogen-bond acceptors (Lipinski definition) is 2. The molecule has 0 spiro atoms. The quantitative estimate of drug-likeness (QED) is 0.933. The first kappa shape index (κ1) is 14.4. The molecule has 0 fully saturated rings. The van der Waals surface area contributed by atoms with E-state index in [1.165, 1.54) is 12.1 Å². The molecule has 4 heteroatoms. The van der Waals surface area contributed by atoms with Crippen LogP contribution in [-0.4, -0.2) is 12.6 Å². The zero-order valence-corrected chi connectivity index (χ0v) is 12.3. The maximum atomic E-state index is 13.1. The van der Waals surface area contributed by atoms with Crippen molar-refractivity contribution in [3.05, 3.63) is 64.4 Å². The normalized spacial score (nSPS) is 18.7. The van der Waals surface area contributed by atoms with Gasteiger partial charge in [0, 0.05) is 17.0 Å². The lowest BCUT2D eigenvalue weighted by Gasteiger charge is -2.30. The lowest BCUT2D eigenvalue weighted by atomic mass is 9.84. The highest BCUT2D eigenvalue weighted by atomic mass is 35.5. The van der Waals surface area contributed by atoms with Gasteiger partial charge in [0.25, 0.3) is 0 Å². The van der Waals surface area contributed by atoms with Gasteiger partial charge in [-0.3, -0.25) is 0 Å². The molecule has 2 N–H and O–H groups in total. The van der Waals surface area contributed by atoms with Gasteiger partial charge in [0.1, 0.15) is 11.6 Å². The molecule has 21 heavy (non-hydrogen) atoms. The molecule has 110 valence electrons. The molecular formula is C17H17ClFNO. The second-order valence-corrected chi connectivity index (χ2v) is 5.79. The third-order valence-corrected chi connectivity index (χ3v) is 4.34. The van der Waals surface area contributed by atoms with E-state index in [1.807, 2.05) is 18.2 Å². The number of ether oxygens (including phenoxy) is 1. The second-order valence-electron chi connectivity index (χ2n) is 5.39. The van der Waals surface area contributed by atoms with Gasteiger partial charge in [-0.05, 0) is 42.2 Å². The van der Waals surface area contributed by atoms with Gasteiger partial charge in [-0.2, -0.15) is 0 Å². The predicted octanol–water partition coefficient (Wildman–Crippen LogP) is 3.92. The predicted molar refractivity (Wildman–Crippen MR) is 82.4 cm³/mol. The molecule has 1 heterocycles. The number of para-hydroxylation sites is 1. The lowest BCUT2D eigenvalue weighted by Crippen LogP contribution is -2.34. The number of nitrogens with two attached hydrogens (primary N) is 1. The number of fused-ring (bicyclic) bond motifs is 1. The molecule has 0 amide bonds. The number of hydrogen-bond donors (Lipinski definition) is 1. The van der Waals surface area contributed by atoms with E-state index in [4.69, 9.17) is 22.1 Å². The van der Waals surface area contributed by atoms with Crippen LogP contribution in [0.1, 0.15) is 23.5 Å². The van der Waals surface area contributed by atoms with Gasteiger partial charge in [-0.15, -0.1) is 0 Å². The SMILES string of the molecule is NC(Cc1ccc(F)cc1Cl)C1CCOc2ccccc21. The molecule has 0 saturated carbocycles. The van der Waals surface area contributed by atoms with Gasteiger partial charge in [0.15, 0.2) is 0 Å². The summed E-state index contributed by atoms with van der Waals surface area (Å²) < 4.78 is 18.8. The summed E-state index contributed by atoms with van der Waals surface area (Å²) in [6, 6.07) is 12.4. The summed E-state index contributed by atoms with van der Waals surface area (Å²) in [5.41, 5.74) is 8.43. The van der Waals surface area contributed by atoms with Crippen molar-refractivity contribution in [2.75, 3.05) is 6.61 Å². The highest BCUT2D eigenvalue weighted by molar-refractivity contribution is 6.31. The molecule has 3 rings (SSSR count). The summed E-state index contributed by atoms with van der Waals surface area (Å²) in [5.74, 6) is 0.819. The van der Waals surface area contributed by atoms with E-state index in [1.54, 1.807) is 6.07 Å². The zero-order valence-electron chi connectivity index (χ0n) is 11.6. The van der Waals surface area contributed by atoms with E-state index in [0.717, 1.165) is 23.3 Å². The number of halogens is 2. The molecule has 0 aliphatic carbocycles. The highest BCUT2D eigenvalue weighted by Crippen LogP contribution is 2.36. The third-order valence-electron chi connectivity index (χ3n) is 3.99. The summed E-state index contributed by atoms with van der Waals surface area (Å²) in [4.78, 5) is 0. The smallest absolute Gasteiger partial charge is 0.124 e. The summed E-state index contributed by atoms with van der Waals surface area (Å²) >= 11 is 6.09. The maximum absolute atomic E-state index is 13.1. The van der Waals surface area contributed by atoms with Gasteiger partial charge >= 0.3 is 0 Å². The molecule has 2 unspecified atom stereocenters. The van der Waals surface area contributed by atoms with Gasteiger partial charge in [0.05, 0.1) is 6.61 Å². The molecule has 2 aromatic rings. The molecule has 0 bridgehead atoms. The highest BCUT2D eigenvalue weighted by Gasteiger charge is 2.27. The van der Waals surface area contributed by atoms with Crippen LogP contribution in [0.25, 0.3) is 0 Å². The molecule has 2 atom stereocenters. The number of rotatable bonds is 3. The summed E-state index contributed by atoms with van der Waals surface area (Å²) in [5, 5.41) is 0.436. The van der Waals surface area contributed by atoms with Crippen LogP contribution >= 0.6 is 11.6 Å². The Bertz CT molecular complexity index is 646. The van der Waals surface area contributed by atoms with Crippen LogP contribution in [0.3, 0.4) is 0 Å². The van der Waals surface area contributed by atoms with E-state index >= 15 is 0 Å². The van der Waals surface area contributed by atoms with Gasteiger partial charge in [0.2, 0.25) is 0 Å².